The highest BCUT2D eigenvalue weighted by molar-refractivity contribution is 6.02. The number of aliphatic imine (C=N–C) groups is 1. The number of nitrogens with two attached hydrogens (primary N) is 3. The van der Waals surface area contributed by atoms with Crippen molar-refractivity contribution in [1.82, 2.24) is 35.7 Å². The smallest absolute Gasteiger partial charge is 0.326 e. The van der Waals surface area contributed by atoms with Crippen LogP contribution in [-0.2, 0) is 64.2 Å². The number of carboxylic acids is 2. The third-order valence-electron chi connectivity index (χ3n) is 12.1. The van der Waals surface area contributed by atoms with Crippen LogP contribution in [0.3, 0.4) is 0 Å². The van der Waals surface area contributed by atoms with Crippen molar-refractivity contribution >= 4 is 64.7 Å². The number of fused-ring (bicyclic) bond motifs is 1. The molecule has 0 bridgehead atoms. The molecular weight excluding hydrogens is 935 g/mol. The Hall–Kier alpha value is -8.54. The maximum Gasteiger partial charge on any atom is 0.326 e. The lowest BCUT2D eigenvalue weighted by Crippen LogP contribution is -2.57. The second kappa shape index (κ2) is 24.8. The summed E-state index contributed by atoms with van der Waals surface area (Å²) in [6.45, 7) is -0.473. The van der Waals surface area contributed by atoms with Crippen molar-refractivity contribution in [3.05, 3.63) is 108 Å². The lowest BCUT2D eigenvalue weighted by atomic mass is 10.0. The zero-order valence-electron chi connectivity index (χ0n) is 39.2. The highest BCUT2D eigenvalue weighted by atomic mass is 16.4. The molecule has 1 fully saturated rings. The van der Waals surface area contributed by atoms with Gasteiger partial charge in [0.1, 0.15) is 36.0 Å². The molecule has 382 valence electrons. The third kappa shape index (κ3) is 14.7. The maximum absolute atomic E-state index is 14.6. The predicted molar refractivity (Wildman–Crippen MR) is 260 cm³/mol. The topological polar surface area (TPSA) is 383 Å². The normalized spacial score (nSPS) is 16.9. The first-order chi connectivity index (χ1) is 34.4. The van der Waals surface area contributed by atoms with Crippen LogP contribution in [0.5, 0.6) is 5.75 Å². The van der Waals surface area contributed by atoms with Crippen LogP contribution in [0.25, 0.3) is 0 Å². The van der Waals surface area contributed by atoms with Gasteiger partial charge in [-0.3, -0.25) is 38.6 Å². The molecule has 3 heterocycles. The first-order valence-corrected chi connectivity index (χ1v) is 23.2. The number of amides is 6. The molecule has 6 rings (SSSR count). The molecule has 2 aliphatic rings. The van der Waals surface area contributed by atoms with Gasteiger partial charge < -0.3 is 73.9 Å². The van der Waals surface area contributed by atoms with E-state index in [1.807, 2.05) is 0 Å². The van der Waals surface area contributed by atoms with E-state index in [-0.39, 0.29) is 75.6 Å². The van der Waals surface area contributed by atoms with Crippen LogP contribution in [0.4, 0.5) is 11.4 Å². The van der Waals surface area contributed by atoms with Gasteiger partial charge in [-0.1, -0.05) is 54.6 Å². The zero-order chi connectivity index (χ0) is 51.9. The fraction of sp³-hybridized carbons (Fsp3) is 0.375. The molecule has 0 saturated carbocycles. The van der Waals surface area contributed by atoms with E-state index in [9.17, 15) is 53.7 Å². The molecule has 15 N–H and O–H groups in total. The molecule has 1 saturated heterocycles. The molecule has 0 aliphatic carbocycles. The summed E-state index contributed by atoms with van der Waals surface area (Å²) in [5.41, 5.74) is 19.5. The molecule has 0 spiro atoms. The number of imidazole rings is 1. The molecule has 2 aliphatic heterocycles. The minimum Gasteiger partial charge on any atom is -0.508 e. The van der Waals surface area contributed by atoms with Gasteiger partial charge in [-0.05, 0) is 60.6 Å². The van der Waals surface area contributed by atoms with Crippen molar-refractivity contribution in [3.8, 4) is 5.75 Å². The molecule has 4 aromatic rings. The number of hydrogen-bond acceptors (Lipinski definition) is 13. The molecule has 3 aromatic carbocycles. The third-order valence-corrected chi connectivity index (χ3v) is 12.1. The van der Waals surface area contributed by atoms with Crippen LogP contribution in [0.2, 0.25) is 0 Å². The van der Waals surface area contributed by atoms with E-state index in [1.54, 1.807) is 60.7 Å². The summed E-state index contributed by atoms with van der Waals surface area (Å²) in [4.78, 5) is 121. The molecular formula is C48H59N13O11. The Balaban J connectivity index is 1.23. The van der Waals surface area contributed by atoms with Crippen molar-refractivity contribution in [3.63, 3.8) is 0 Å². The Kier molecular flexibility index (Phi) is 18.2. The summed E-state index contributed by atoms with van der Waals surface area (Å²) >= 11 is 0. The number of H-pyrrole nitrogens is 1. The molecule has 24 heteroatoms. The zero-order valence-corrected chi connectivity index (χ0v) is 39.2. The summed E-state index contributed by atoms with van der Waals surface area (Å²) in [6.07, 6.45) is 3.07. The number of guanidine groups is 1. The van der Waals surface area contributed by atoms with Gasteiger partial charge >= 0.3 is 11.9 Å². The first-order valence-electron chi connectivity index (χ1n) is 23.2. The van der Waals surface area contributed by atoms with Gasteiger partial charge in [0.05, 0.1) is 36.7 Å². The fourth-order valence-electron chi connectivity index (χ4n) is 8.49. The van der Waals surface area contributed by atoms with E-state index >= 15 is 0 Å². The Morgan fingerprint density at radius 3 is 2.29 bits per heavy atom. The number of rotatable bonds is 23. The number of hydrogen-bond donors (Lipinski definition) is 12. The van der Waals surface area contributed by atoms with Crippen molar-refractivity contribution in [2.45, 2.75) is 94.2 Å². The second-order valence-electron chi connectivity index (χ2n) is 17.5. The van der Waals surface area contributed by atoms with Gasteiger partial charge in [0, 0.05) is 50.8 Å². The number of phenols is 1. The number of phenolic OH excluding ortho intramolecular Hbond substituents is 1. The molecule has 6 amide bonds. The average molecular weight is 994 g/mol. The second-order valence-corrected chi connectivity index (χ2v) is 17.5. The average Bonchev–Trinajstić information content (AvgIpc) is 4.04. The standard InChI is InChI=1S/C48H59N13O11/c49-32(22-40(64)65)42(66)58-34(11-5-17-53-48(50)51)43(67)57-33-10-4-9-29-24-60(45(69)35(56-41(29)33)19-28-13-15-31(62)16-14-28)25-39(63)55-36(21-30-23-52-26-54-30)46(70)61-18-6-12-38(61)44(68)59-37(47(71)72)20-27-7-2-1-3-8-27/h1-4,7-10,13-16,23,26,32,34-38,56,62H,5-6,11-12,17-22,24-25,49H2,(H,52,54)(H,55,63)(H,57,67)(H,58,66)(H,59,68)(H,64,65)(H,71,72)(H4,50,51,53)/t32-,34-,35-,36-,37-,38-/m0/s1. The quantitative estimate of drug-likeness (QED) is 0.0248. The van der Waals surface area contributed by atoms with Crippen molar-refractivity contribution in [2.24, 2.45) is 22.2 Å². The van der Waals surface area contributed by atoms with E-state index in [1.165, 1.54) is 34.5 Å². The Morgan fingerprint density at radius 1 is 0.861 bits per heavy atom. The summed E-state index contributed by atoms with van der Waals surface area (Å²) in [6, 6.07) is 12.4. The maximum atomic E-state index is 14.6. The predicted octanol–water partition coefficient (Wildman–Crippen LogP) is -0.710. The Bertz CT molecular complexity index is 2610. The largest absolute Gasteiger partial charge is 0.508 e. The minimum absolute atomic E-state index is 0.0102. The number of carbonyl (C=O) groups is 8. The van der Waals surface area contributed by atoms with Gasteiger partial charge in [-0.2, -0.15) is 0 Å². The number of likely N-dealkylation sites (tertiary alicyclic amines) is 1. The number of aromatic nitrogens is 2. The highest BCUT2D eigenvalue weighted by Crippen LogP contribution is 2.32. The fourth-order valence-corrected chi connectivity index (χ4v) is 8.49. The number of para-hydroxylation sites is 1. The number of carbonyl (C=O) groups excluding carboxylic acids is 6. The molecule has 0 radical (unpaired) electrons. The molecule has 24 nitrogen and oxygen atoms in total. The van der Waals surface area contributed by atoms with Gasteiger partial charge in [-0.25, -0.2) is 9.78 Å². The minimum atomic E-state index is -1.47. The van der Waals surface area contributed by atoms with Crippen LogP contribution in [0, 0.1) is 0 Å². The number of aromatic hydroxyl groups is 1. The van der Waals surface area contributed by atoms with Crippen LogP contribution in [0.15, 0.2) is 90.3 Å². The Labute approximate surface area is 413 Å². The first kappa shape index (κ1) is 52.8. The van der Waals surface area contributed by atoms with E-state index in [2.05, 4.69) is 41.5 Å². The number of aliphatic carboxylic acids is 2. The van der Waals surface area contributed by atoms with E-state index in [0.29, 0.717) is 34.5 Å². The van der Waals surface area contributed by atoms with Crippen molar-refractivity contribution < 1.29 is 53.7 Å². The lowest BCUT2D eigenvalue weighted by Gasteiger charge is -2.30. The van der Waals surface area contributed by atoms with E-state index < -0.39 is 96.6 Å². The molecule has 6 atom stereocenters. The molecule has 0 unspecified atom stereocenters. The lowest BCUT2D eigenvalue weighted by molar-refractivity contribution is -0.145. The summed E-state index contributed by atoms with van der Waals surface area (Å²) in [7, 11) is 0. The summed E-state index contributed by atoms with van der Waals surface area (Å²) < 4.78 is 0. The van der Waals surface area contributed by atoms with Gasteiger partial charge in [-0.15, -0.1) is 0 Å². The SMILES string of the molecule is NC(N)=NCCC[C@H](NC(=O)[C@@H](N)CC(=O)O)C(=O)Nc1cccc2c1N[C@@H](Cc1ccc(O)cc1)C(=O)N(CC(=O)N[C@@H](Cc1cnc[nH]1)C(=O)N1CCC[C@H]1C(=O)N[C@@H](Cc1ccccc1)C(=O)O)C2. The Morgan fingerprint density at radius 2 is 1.61 bits per heavy atom. The highest BCUT2D eigenvalue weighted by Gasteiger charge is 2.40. The van der Waals surface area contributed by atoms with Crippen molar-refractivity contribution in [1.29, 1.82) is 0 Å². The number of benzene rings is 3. The number of nitrogens with zero attached hydrogens (tertiary/aromatic N) is 4. The molecule has 1 aromatic heterocycles. The number of nitrogens with one attached hydrogen (secondary N) is 6. The summed E-state index contributed by atoms with van der Waals surface area (Å²) in [5, 5.41) is 43.1. The number of carboxylic acid groups (broad SMARTS) is 2. The number of anilines is 2. The van der Waals surface area contributed by atoms with Crippen LogP contribution in [-0.4, -0.2) is 144 Å². The van der Waals surface area contributed by atoms with Crippen LogP contribution >= 0.6 is 0 Å². The monoisotopic (exact) mass is 993 g/mol. The van der Waals surface area contributed by atoms with Crippen LogP contribution < -0.4 is 43.8 Å². The number of aromatic amines is 1. The van der Waals surface area contributed by atoms with E-state index in [4.69, 9.17) is 17.2 Å². The molecule has 72 heavy (non-hydrogen) atoms. The summed E-state index contributed by atoms with van der Waals surface area (Å²) in [5.74, 6) is -6.90. The van der Waals surface area contributed by atoms with E-state index in [0.717, 1.165) is 0 Å². The van der Waals surface area contributed by atoms with Gasteiger partial charge in [0.15, 0.2) is 5.96 Å². The van der Waals surface area contributed by atoms with Crippen molar-refractivity contribution in [2.75, 3.05) is 30.3 Å². The van der Waals surface area contributed by atoms with Gasteiger partial charge in [0.2, 0.25) is 35.4 Å². The van der Waals surface area contributed by atoms with Gasteiger partial charge in [0.25, 0.3) is 0 Å². The van der Waals surface area contributed by atoms with Crippen LogP contribution in [0.1, 0.15) is 54.5 Å².